The molecule has 0 aromatic heterocycles. The van der Waals surface area contributed by atoms with Crippen LogP contribution in [-0.4, -0.2) is 36.4 Å². The van der Waals surface area contributed by atoms with E-state index in [1.54, 1.807) is 7.11 Å². The van der Waals surface area contributed by atoms with Gasteiger partial charge >= 0.3 is 0 Å². The third kappa shape index (κ3) is 3.89. The largest absolute Gasteiger partial charge is 0.497 e. The molecule has 1 spiro atoms. The van der Waals surface area contributed by atoms with Gasteiger partial charge in [-0.3, -0.25) is 9.69 Å². The zero-order chi connectivity index (χ0) is 22.1. The highest BCUT2D eigenvalue weighted by Gasteiger charge is 2.49. The number of rotatable bonds is 4. The van der Waals surface area contributed by atoms with Crippen LogP contribution in [0.1, 0.15) is 40.2 Å². The number of benzene rings is 3. The fourth-order valence-electron chi connectivity index (χ4n) is 5.24. The molecule has 1 saturated heterocycles. The number of halogens is 1. The number of hydrogen-bond acceptors (Lipinski definition) is 4. The van der Waals surface area contributed by atoms with Crippen LogP contribution in [0.5, 0.6) is 5.75 Å². The first-order chi connectivity index (χ1) is 15.6. The lowest BCUT2D eigenvalue weighted by Crippen LogP contribution is -2.56. The number of hydrogen-bond donors (Lipinski definition) is 1. The van der Waals surface area contributed by atoms with E-state index in [2.05, 4.69) is 16.3 Å². The predicted octanol–water partition coefficient (Wildman–Crippen LogP) is 5.78. The molecule has 0 bridgehead atoms. The Labute approximate surface area is 194 Å². The number of methoxy groups -OCH3 is 1. The Morgan fingerprint density at radius 1 is 1.03 bits per heavy atom. The van der Waals surface area contributed by atoms with E-state index in [-0.39, 0.29) is 17.2 Å². The molecule has 2 aliphatic rings. The number of likely N-dealkylation sites (tertiary alicyclic amines) is 1. The van der Waals surface area contributed by atoms with Crippen LogP contribution in [0.4, 0.5) is 5.69 Å². The summed E-state index contributed by atoms with van der Waals surface area (Å²) in [6, 6.07) is 23.9. The minimum absolute atomic E-state index is 0.202. The Hall–Kier alpha value is -2.82. The molecule has 0 saturated carbocycles. The summed E-state index contributed by atoms with van der Waals surface area (Å²) in [5, 5.41) is 4.58. The number of carbonyl (C=O) groups is 1. The van der Waals surface area contributed by atoms with Crippen LogP contribution < -0.4 is 10.1 Å². The summed E-state index contributed by atoms with van der Waals surface area (Å²) in [5.74, 6) is 0.778. The van der Waals surface area contributed by atoms with Crippen LogP contribution in [0.15, 0.2) is 72.8 Å². The summed E-state index contributed by atoms with van der Waals surface area (Å²) in [7, 11) is 1.66. The normalized spacial score (nSPS) is 19.9. The Balaban J connectivity index is 1.44. The van der Waals surface area contributed by atoms with E-state index < -0.39 is 0 Å². The monoisotopic (exact) mass is 446 g/mol. The fraction of sp³-hybridized carbons (Fsp3) is 0.296. The first-order valence-corrected chi connectivity index (χ1v) is 11.5. The first-order valence-electron chi connectivity index (χ1n) is 11.1. The number of ketones is 1. The highest BCUT2D eigenvalue weighted by molar-refractivity contribution is 6.30. The lowest BCUT2D eigenvalue weighted by molar-refractivity contribution is 0.0842. The molecule has 0 radical (unpaired) electrons. The van der Waals surface area contributed by atoms with Crippen molar-refractivity contribution >= 4 is 23.1 Å². The van der Waals surface area contributed by atoms with Crippen molar-refractivity contribution in [3.05, 3.63) is 94.5 Å². The van der Waals surface area contributed by atoms with Crippen LogP contribution in [-0.2, 0) is 6.54 Å². The third-order valence-electron chi connectivity index (χ3n) is 6.88. The first kappa shape index (κ1) is 21.0. The van der Waals surface area contributed by atoms with Crippen LogP contribution >= 0.6 is 11.6 Å². The van der Waals surface area contributed by atoms with E-state index in [1.807, 2.05) is 66.7 Å². The number of piperidine rings is 1. The van der Waals surface area contributed by atoms with Gasteiger partial charge in [0, 0.05) is 35.9 Å². The number of carbonyl (C=O) groups excluding carboxylic acids is 1. The van der Waals surface area contributed by atoms with Gasteiger partial charge in [-0.25, -0.2) is 0 Å². The molecular formula is C27H27ClN2O2. The van der Waals surface area contributed by atoms with Gasteiger partial charge in [-0.1, -0.05) is 48.0 Å². The summed E-state index contributed by atoms with van der Waals surface area (Å²) in [6.07, 6.45) is 1.79. The molecule has 5 heteroatoms. The molecular weight excluding hydrogens is 420 g/mol. The van der Waals surface area contributed by atoms with Crippen molar-refractivity contribution < 1.29 is 9.53 Å². The Morgan fingerprint density at radius 3 is 2.50 bits per heavy atom. The highest BCUT2D eigenvalue weighted by Crippen LogP contribution is 2.46. The number of Topliss-reactive ketones (excluding diaryl/α,β-unsaturated/α-hetero) is 1. The molecule has 3 aromatic rings. The SMILES string of the molecule is COc1ccc(C2C(=O)c3ccccc3NC23CCN(Cc2cccc(Cl)c2)CC3)cc1. The maximum atomic E-state index is 13.8. The second-order valence-corrected chi connectivity index (χ2v) is 9.24. The molecule has 164 valence electrons. The Morgan fingerprint density at radius 2 is 1.78 bits per heavy atom. The molecule has 1 N–H and O–H groups in total. The van der Waals surface area contributed by atoms with Gasteiger partial charge in [0.15, 0.2) is 5.78 Å². The minimum atomic E-state index is -0.301. The maximum Gasteiger partial charge on any atom is 0.174 e. The molecule has 1 atom stereocenters. The summed E-state index contributed by atoms with van der Waals surface area (Å²) in [5.41, 5.74) is 3.69. The minimum Gasteiger partial charge on any atom is -0.497 e. The molecule has 0 aliphatic carbocycles. The third-order valence-corrected chi connectivity index (χ3v) is 7.12. The van der Waals surface area contributed by atoms with Crippen molar-refractivity contribution in [1.29, 1.82) is 0 Å². The van der Waals surface area contributed by atoms with Crippen molar-refractivity contribution in [2.45, 2.75) is 30.8 Å². The average Bonchev–Trinajstić information content (AvgIpc) is 2.81. The van der Waals surface area contributed by atoms with Gasteiger partial charge in [-0.2, -0.15) is 0 Å². The second kappa shape index (κ2) is 8.61. The average molecular weight is 447 g/mol. The van der Waals surface area contributed by atoms with Crippen molar-refractivity contribution in [2.75, 3.05) is 25.5 Å². The van der Waals surface area contributed by atoms with Gasteiger partial charge in [-0.15, -0.1) is 0 Å². The van der Waals surface area contributed by atoms with Gasteiger partial charge in [0.1, 0.15) is 5.75 Å². The second-order valence-electron chi connectivity index (χ2n) is 8.80. The summed E-state index contributed by atoms with van der Waals surface area (Å²) >= 11 is 6.18. The van der Waals surface area contributed by atoms with Crippen LogP contribution in [0, 0.1) is 0 Å². The summed E-state index contributed by atoms with van der Waals surface area (Å²) in [4.78, 5) is 16.2. The molecule has 3 aromatic carbocycles. The Kier molecular flexibility index (Phi) is 5.66. The molecule has 1 unspecified atom stereocenters. The van der Waals surface area contributed by atoms with Crippen LogP contribution in [0.3, 0.4) is 0 Å². The quantitative estimate of drug-likeness (QED) is 0.552. The van der Waals surface area contributed by atoms with Gasteiger partial charge in [0.25, 0.3) is 0 Å². The summed E-state index contributed by atoms with van der Waals surface area (Å²) < 4.78 is 5.34. The van der Waals surface area contributed by atoms with E-state index in [0.717, 1.165) is 60.1 Å². The zero-order valence-corrected chi connectivity index (χ0v) is 18.9. The van der Waals surface area contributed by atoms with E-state index in [1.165, 1.54) is 5.56 Å². The van der Waals surface area contributed by atoms with E-state index in [0.29, 0.717) is 0 Å². The summed E-state index contributed by atoms with van der Waals surface area (Å²) in [6.45, 7) is 2.71. The number of nitrogens with one attached hydrogen (secondary N) is 1. The maximum absolute atomic E-state index is 13.8. The van der Waals surface area contributed by atoms with Gasteiger partial charge in [0.2, 0.25) is 0 Å². The Bertz CT molecular complexity index is 1120. The zero-order valence-electron chi connectivity index (χ0n) is 18.2. The lowest BCUT2D eigenvalue weighted by atomic mass is 9.67. The highest BCUT2D eigenvalue weighted by atomic mass is 35.5. The van der Waals surface area contributed by atoms with Gasteiger partial charge in [0.05, 0.1) is 18.6 Å². The molecule has 32 heavy (non-hydrogen) atoms. The number of ether oxygens (including phenoxy) is 1. The van der Waals surface area contributed by atoms with Crippen LogP contribution in [0.2, 0.25) is 5.02 Å². The topological polar surface area (TPSA) is 41.6 Å². The molecule has 2 heterocycles. The number of fused-ring (bicyclic) bond motifs is 1. The van der Waals surface area contributed by atoms with E-state index >= 15 is 0 Å². The van der Waals surface area contributed by atoms with Gasteiger partial charge < -0.3 is 10.1 Å². The van der Waals surface area contributed by atoms with E-state index in [9.17, 15) is 4.79 Å². The molecule has 5 rings (SSSR count). The van der Waals surface area contributed by atoms with Crippen molar-refractivity contribution in [2.24, 2.45) is 0 Å². The molecule has 2 aliphatic heterocycles. The van der Waals surface area contributed by atoms with Crippen LogP contribution in [0.25, 0.3) is 0 Å². The number of anilines is 1. The number of para-hydroxylation sites is 1. The van der Waals surface area contributed by atoms with Crippen molar-refractivity contribution in [1.82, 2.24) is 4.90 Å². The standard InChI is InChI=1S/C27H27ClN2O2/c1-32-22-11-9-20(10-12-22)25-26(31)23-7-2-3-8-24(23)29-27(25)13-15-30(16-14-27)18-19-5-4-6-21(28)17-19/h2-12,17,25,29H,13-16,18H2,1H3. The fourth-order valence-corrected chi connectivity index (χ4v) is 5.45. The predicted molar refractivity (Wildman–Crippen MR) is 129 cm³/mol. The molecule has 0 amide bonds. The lowest BCUT2D eigenvalue weighted by Gasteiger charge is -2.50. The van der Waals surface area contributed by atoms with E-state index in [4.69, 9.17) is 16.3 Å². The van der Waals surface area contributed by atoms with Crippen molar-refractivity contribution in [3.63, 3.8) is 0 Å². The van der Waals surface area contributed by atoms with Gasteiger partial charge in [-0.05, 0) is 60.4 Å². The smallest absolute Gasteiger partial charge is 0.174 e. The number of nitrogens with zero attached hydrogens (tertiary/aromatic N) is 1. The van der Waals surface area contributed by atoms with Crippen molar-refractivity contribution in [3.8, 4) is 5.75 Å². The molecule has 1 fully saturated rings. The molecule has 4 nitrogen and oxygen atoms in total.